The zero-order valence-corrected chi connectivity index (χ0v) is 16.7. The molecular formula is C21H28N4O3. The van der Waals surface area contributed by atoms with Crippen LogP contribution in [0.25, 0.3) is 0 Å². The van der Waals surface area contributed by atoms with Crippen molar-refractivity contribution in [1.29, 1.82) is 5.41 Å². The van der Waals surface area contributed by atoms with Crippen molar-refractivity contribution in [3.05, 3.63) is 53.6 Å². The molecule has 0 aromatic heterocycles. The third kappa shape index (κ3) is 5.39. The minimum absolute atomic E-state index is 0.00864. The molecule has 1 unspecified atom stereocenters. The summed E-state index contributed by atoms with van der Waals surface area (Å²) in [5.74, 6) is 0.254. The number of benzene rings is 2. The highest BCUT2D eigenvalue weighted by Gasteiger charge is 2.23. The summed E-state index contributed by atoms with van der Waals surface area (Å²) >= 11 is 0. The minimum atomic E-state index is -0.708. The number of hydrogen-bond donors (Lipinski definition) is 4. The van der Waals surface area contributed by atoms with Gasteiger partial charge in [-0.3, -0.25) is 5.41 Å². The number of nitrogen functional groups attached to an aromatic ring is 1. The summed E-state index contributed by atoms with van der Waals surface area (Å²) in [7, 11) is 1.36. The van der Waals surface area contributed by atoms with Crippen molar-refractivity contribution in [2.24, 2.45) is 5.73 Å². The summed E-state index contributed by atoms with van der Waals surface area (Å²) in [6.07, 6.45) is 0. The van der Waals surface area contributed by atoms with Gasteiger partial charge in [-0.15, -0.1) is 0 Å². The van der Waals surface area contributed by atoms with Gasteiger partial charge in [0, 0.05) is 17.3 Å². The molecule has 1 atom stereocenters. The molecule has 7 nitrogen and oxygen atoms in total. The number of esters is 1. The first-order chi connectivity index (χ1) is 13.3. The van der Waals surface area contributed by atoms with Crippen LogP contribution in [-0.2, 0) is 9.53 Å². The van der Waals surface area contributed by atoms with Gasteiger partial charge in [-0.2, -0.15) is 0 Å². The third-order valence-corrected chi connectivity index (χ3v) is 4.03. The predicted octanol–water partition coefficient (Wildman–Crippen LogP) is 3.52. The highest BCUT2D eigenvalue weighted by Crippen LogP contribution is 2.31. The number of anilines is 2. The van der Waals surface area contributed by atoms with Gasteiger partial charge in [0.25, 0.3) is 0 Å². The van der Waals surface area contributed by atoms with Crippen LogP contribution in [0.2, 0.25) is 0 Å². The SMILES string of the molecule is CCOc1cc(C(Nc2ccc(C(=N)N)cc2)C(=O)OC)ccc1NC(C)C. The molecule has 7 heteroatoms. The van der Waals surface area contributed by atoms with Crippen molar-refractivity contribution in [2.75, 3.05) is 24.4 Å². The van der Waals surface area contributed by atoms with Crippen molar-refractivity contribution in [2.45, 2.75) is 32.9 Å². The van der Waals surface area contributed by atoms with Crippen LogP contribution >= 0.6 is 0 Å². The molecule has 150 valence electrons. The van der Waals surface area contributed by atoms with Crippen LogP contribution in [0.4, 0.5) is 11.4 Å². The van der Waals surface area contributed by atoms with Crippen LogP contribution in [-0.4, -0.2) is 31.6 Å². The van der Waals surface area contributed by atoms with Crippen LogP contribution in [0.1, 0.15) is 37.9 Å². The number of hydrogen-bond acceptors (Lipinski definition) is 6. The maximum absolute atomic E-state index is 12.4. The average Bonchev–Trinajstić information content (AvgIpc) is 2.67. The zero-order chi connectivity index (χ0) is 20.7. The Labute approximate surface area is 165 Å². The first kappa shape index (κ1) is 21.1. The van der Waals surface area contributed by atoms with E-state index in [1.165, 1.54) is 7.11 Å². The normalized spacial score (nSPS) is 11.6. The lowest BCUT2D eigenvalue weighted by Crippen LogP contribution is -2.22. The molecule has 0 amide bonds. The summed E-state index contributed by atoms with van der Waals surface area (Å²) in [6, 6.07) is 12.1. The van der Waals surface area contributed by atoms with Gasteiger partial charge in [0.15, 0.2) is 6.04 Å². The smallest absolute Gasteiger partial charge is 0.332 e. The average molecular weight is 384 g/mol. The van der Waals surface area contributed by atoms with E-state index in [1.807, 2.05) is 39.0 Å². The topological polar surface area (TPSA) is 109 Å². The lowest BCUT2D eigenvalue weighted by Gasteiger charge is -2.21. The Kier molecular flexibility index (Phi) is 7.26. The Morgan fingerprint density at radius 2 is 1.82 bits per heavy atom. The monoisotopic (exact) mass is 384 g/mol. The second-order valence-corrected chi connectivity index (χ2v) is 6.58. The Hall–Kier alpha value is -3.22. The molecule has 2 rings (SSSR count). The van der Waals surface area contributed by atoms with Gasteiger partial charge in [0.2, 0.25) is 0 Å². The maximum Gasteiger partial charge on any atom is 0.332 e. The quantitative estimate of drug-likeness (QED) is 0.299. The first-order valence-corrected chi connectivity index (χ1v) is 9.17. The molecule has 28 heavy (non-hydrogen) atoms. The van der Waals surface area contributed by atoms with Crippen LogP contribution in [0.3, 0.4) is 0 Å². The number of amidine groups is 1. The molecule has 0 fully saturated rings. The van der Waals surface area contributed by atoms with E-state index in [4.69, 9.17) is 20.6 Å². The van der Waals surface area contributed by atoms with E-state index in [0.29, 0.717) is 23.6 Å². The van der Waals surface area contributed by atoms with Gasteiger partial charge in [-0.25, -0.2) is 4.79 Å². The van der Waals surface area contributed by atoms with Crippen molar-refractivity contribution >= 4 is 23.2 Å². The number of rotatable bonds is 9. The van der Waals surface area contributed by atoms with Gasteiger partial charge < -0.3 is 25.8 Å². The highest BCUT2D eigenvalue weighted by molar-refractivity contribution is 5.95. The van der Waals surface area contributed by atoms with Gasteiger partial charge >= 0.3 is 5.97 Å². The molecule has 0 aliphatic rings. The van der Waals surface area contributed by atoms with E-state index in [9.17, 15) is 4.79 Å². The summed E-state index contributed by atoms with van der Waals surface area (Å²) in [4.78, 5) is 12.4. The number of carbonyl (C=O) groups excluding carboxylic acids is 1. The molecule has 0 aliphatic heterocycles. The Balaban J connectivity index is 2.35. The van der Waals surface area contributed by atoms with Gasteiger partial charge in [0.05, 0.1) is 19.4 Å². The van der Waals surface area contributed by atoms with Crippen LogP contribution in [0.15, 0.2) is 42.5 Å². The fourth-order valence-corrected chi connectivity index (χ4v) is 2.73. The lowest BCUT2D eigenvalue weighted by atomic mass is 10.0. The lowest BCUT2D eigenvalue weighted by molar-refractivity contribution is -0.141. The van der Waals surface area contributed by atoms with Crippen molar-refractivity contribution in [3.8, 4) is 5.75 Å². The summed E-state index contributed by atoms with van der Waals surface area (Å²) < 4.78 is 10.7. The summed E-state index contributed by atoms with van der Waals surface area (Å²) in [6.45, 7) is 6.53. The Morgan fingerprint density at radius 3 is 2.36 bits per heavy atom. The van der Waals surface area contributed by atoms with Gasteiger partial charge in [-0.1, -0.05) is 6.07 Å². The summed E-state index contributed by atoms with van der Waals surface area (Å²) in [5.41, 5.74) is 8.41. The number of nitrogens with one attached hydrogen (secondary N) is 3. The summed E-state index contributed by atoms with van der Waals surface area (Å²) in [5, 5.41) is 14.0. The highest BCUT2D eigenvalue weighted by atomic mass is 16.5. The molecule has 0 spiro atoms. The fraction of sp³-hybridized carbons (Fsp3) is 0.333. The molecule has 2 aromatic carbocycles. The van der Waals surface area contributed by atoms with Crippen LogP contribution < -0.4 is 21.1 Å². The standard InChI is InChI=1S/C21H28N4O3/c1-5-28-18-12-15(8-11-17(18)24-13(2)3)19(21(26)27-4)25-16-9-6-14(7-10-16)20(22)23/h6-13,19,24-25H,5H2,1-4H3,(H3,22,23). The molecule has 2 aromatic rings. The molecule has 5 N–H and O–H groups in total. The van der Waals surface area contributed by atoms with E-state index < -0.39 is 12.0 Å². The van der Waals surface area contributed by atoms with Crippen LogP contribution in [0, 0.1) is 5.41 Å². The Morgan fingerprint density at radius 1 is 1.14 bits per heavy atom. The molecule has 0 heterocycles. The largest absolute Gasteiger partial charge is 0.492 e. The molecular weight excluding hydrogens is 356 g/mol. The second kappa shape index (κ2) is 9.64. The van der Waals surface area contributed by atoms with Crippen LogP contribution in [0.5, 0.6) is 5.75 Å². The molecule has 0 bridgehead atoms. The molecule has 0 radical (unpaired) electrons. The number of nitrogens with two attached hydrogens (primary N) is 1. The first-order valence-electron chi connectivity index (χ1n) is 9.17. The molecule has 0 saturated heterocycles. The van der Waals surface area contributed by atoms with E-state index in [-0.39, 0.29) is 11.9 Å². The fourth-order valence-electron chi connectivity index (χ4n) is 2.73. The minimum Gasteiger partial charge on any atom is -0.492 e. The van der Waals surface area contributed by atoms with Gasteiger partial charge in [0.1, 0.15) is 11.6 Å². The number of carbonyl (C=O) groups is 1. The van der Waals surface area contributed by atoms with Crippen molar-refractivity contribution in [3.63, 3.8) is 0 Å². The zero-order valence-electron chi connectivity index (χ0n) is 16.7. The van der Waals surface area contributed by atoms with Crippen molar-refractivity contribution < 1.29 is 14.3 Å². The molecule has 0 saturated carbocycles. The number of ether oxygens (including phenoxy) is 2. The van der Waals surface area contributed by atoms with E-state index in [0.717, 1.165) is 11.3 Å². The van der Waals surface area contributed by atoms with Gasteiger partial charge in [-0.05, 0) is 62.7 Å². The maximum atomic E-state index is 12.4. The van der Waals surface area contributed by atoms with E-state index in [1.54, 1.807) is 24.3 Å². The predicted molar refractivity (Wildman–Crippen MR) is 112 cm³/mol. The third-order valence-electron chi connectivity index (χ3n) is 4.03. The number of methoxy groups -OCH3 is 1. The van der Waals surface area contributed by atoms with E-state index in [2.05, 4.69) is 10.6 Å². The Bertz CT molecular complexity index is 819. The van der Waals surface area contributed by atoms with E-state index >= 15 is 0 Å². The molecule has 0 aliphatic carbocycles. The second-order valence-electron chi connectivity index (χ2n) is 6.58. The van der Waals surface area contributed by atoms with Crippen molar-refractivity contribution in [1.82, 2.24) is 0 Å².